The van der Waals surface area contributed by atoms with Crippen LogP contribution in [0.25, 0.3) is 10.2 Å². The molecule has 24 heavy (non-hydrogen) atoms. The molecule has 0 unspecified atom stereocenters. The fourth-order valence-electron chi connectivity index (χ4n) is 2.08. The predicted molar refractivity (Wildman–Crippen MR) is 110 cm³/mol. The second-order valence-electron chi connectivity index (χ2n) is 4.90. The standard InChI is InChI=1S/C16H17ClN4OS.HI/c1-2-18-16(19-8-11-5-6-22-10-11)20-9-15-21-13-7-12(17)3-4-14(13)23-15;/h3-7,10H,2,8-9H2,1H3,(H2,18,19,20);1H. The van der Waals surface area contributed by atoms with Crippen molar-refractivity contribution >= 4 is 63.1 Å². The highest BCUT2D eigenvalue weighted by Crippen LogP contribution is 2.24. The molecule has 0 aliphatic carbocycles. The lowest BCUT2D eigenvalue weighted by Crippen LogP contribution is -2.36. The molecule has 0 amide bonds. The van der Waals surface area contributed by atoms with Gasteiger partial charge in [-0.2, -0.15) is 0 Å². The van der Waals surface area contributed by atoms with Crippen LogP contribution in [0.2, 0.25) is 5.02 Å². The number of nitrogens with zero attached hydrogens (tertiary/aromatic N) is 2. The highest BCUT2D eigenvalue weighted by atomic mass is 127. The Morgan fingerprint density at radius 2 is 2.21 bits per heavy atom. The molecule has 0 radical (unpaired) electrons. The fraction of sp³-hybridized carbons (Fsp3) is 0.250. The smallest absolute Gasteiger partial charge is 0.191 e. The van der Waals surface area contributed by atoms with E-state index in [0.29, 0.717) is 18.1 Å². The molecule has 0 bridgehead atoms. The van der Waals surface area contributed by atoms with Crippen LogP contribution in [0.5, 0.6) is 0 Å². The van der Waals surface area contributed by atoms with E-state index in [2.05, 4.69) is 20.6 Å². The average Bonchev–Trinajstić information content (AvgIpc) is 3.18. The van der Waals surface area contributed by atoms with Crippen LogP contribution in [0.15, 0.2) is 46.2 Å². The number of halogens is 2. The maximum Gasteiger partial charge on any atom is 0.191 e. The quantitative estimate of drug-likeness (QED) is 0.325. The number of hydrogen-bond acceptors (Lipinski definition) is 4. The van der Waals surface area contributed by atoms with E-state index in [1.54, 1.807) is 23.9 Å². The van der Waals surface area contributed by atoms with Crippen molar-refractivity contribution in [2.45, 2.75) is 20.0 Å². The zero-order valence-corrected chi connectivity index (χ0v) is 17.0. The third-order valence-electron chi connectivity index (χ3n) is 3.15. The number of thiazole rings is 1. The Morgan fingerprint density at radius 1 is 1.33 bits per heavy atom. The van der Waals surface area contributed by atoms with Crippen LogP contribution in [0, 0.1) is 0 Å². The van der Waals surface area contributed by atoms with Crippen LogP contribution < -0.4 is 10.6 Å². The molecule has 5 nitrogen and oxygen atoms in total. The van der Waals surface area contributed by atoms with Gasteiger partial charge >= 0.3 is 0 Å². The first-order chi connectivity index (χ1) is 11.2. The maximum atomic E-state index is 6.00. The number of aliphatic imine (C=N–C) groups is 1. The minimum atomic E-state index is 0. The Hall–Kier alpha value is -1.32. The van der Waals surface area contributed by atoms with Crippen molar-refractivity contribution in [3.05, 3.63) is 52.4 Å². The summed E-state index contributed by atoms with van der Waals surface area (Å²) in [6, 6.07) is 7.67. The molecule has 1 aromatic carbocycles. The van der Waals surface area contributed by atoms with E-state index in [1.807, 2.05) is 31.2 Å². The van der Waals surface area contributed by atoms with Crippen molar-refractivity contribution in [1.29, 1.82) is 0 Å². The maximum absolute atomic E-state index is 6.00. The summed E-state index contributed by atoms with van der Waals surface area (Å²) < 4.78 is 6.18. The van der Waals surface area contributed by atoms with Gasteiger partial charge in [0, 0.05) is 17.1 Å². The molecule has 2 aromatic heterocycles. The van der Waals surface area contributed by atoms with Gasteiger partial charge in [0.25, 0.3) is 0 Å². The van der Waals surface area contributed by atoms with Crippen molar-refractivity contribution in [3.63, 3.8) is 0 Å². The molecule has 0 atom stereocenters. The summed E-state index contributed by atoms with van der Waals surface area (Å²) in [5.41, 5.74) is 1.97. The van der Waals surface area contributed by atoms with Gasteiger partial charge in [-0.25, -0.2) is 9.98 Å². The van der Waals surface area contributed by atoms with Crippen LogP contribution >= 0.6 is 46.9 Å². The Bertz CT molecular complexity index is 804. The van der Waals surface area contributed by atoms with E-state index >= 15 is 0 Å². The molecule has 2 heterocycles. The predicted octanol–water partition coefficient (Wildman–Crippen LogP) is 4.42. The summed E-state index contributed by atoms with van der Waals surface area (Å²) in [4.78, 5) is 9.12. The molecule has 8 heteroatoms. The third kappa shape index (κ3) is 5.09. The number of aromatic nitrogens is 1. The summed E-state index contributed by atoms with van der Waals surface area (Å²) in [7, 11) is 0. The minimum absolute atomic E-state index is 0. The molecule has 0 fully saturated rings. The van der Waals surface area contributed by atoms with E-state index in [1.165, 1.54) is 0 Å². The number of rotatable bonds is 5. The summed E-state index contributed by atoms with van der Waals surface area (Å²) in [5, 5.41) is 8.22. The van der Waals surface area contributed by atoms with Gasteiger partial charge in [0.1, 0.15) is 5.01 Å². The topological polar surface area (TPSA) is 62.5 Å². The molecular weight excluding hydrogens is 459 g/mol. The lowest BCUT2D eigenvalue weighted by molar-refractivity contribution is 0.564. The summed E-state index contributed by atoms with van der Waals surface area (Å²) in [6.07, 6.45) is 3.35. The van der Waals surface area contributed by atoms with Crippen LogP contribution in [0.1, 0.15) is 17.5 Å². The van der Waals surface area contributed by atoms with Crippen LogP contribution in [0.3, 0.4) is 0 Å². The summed E-state index contributed by atoms with van der Waals surface area (Å²) >= 11 is 7.65. The second kappa shape index (κ2) is 9.24. The lowest BCUT2D eigenvalue weighted by atomic mass is 10.3. The van der Waals surface area contributed by atoms with E-state index in [9.17, 15) is 0 Å². The number of fused-ring (bicyclic) bond motifs is 1. The Labute approximate surface area is 166 Å². The van der Waals surface area contributed by atoms with Gasteiger partial charge in [-0.1, -0.05) is 11.6 Å². The SMILES string of the molecule is CCNC(=NCc1ccoc1)NCc1nc2cc(Cl)ccc2s1.I. The van der Waals surface area contributed by atoms with Crippen LogP contribution in [0.4, 0.5) is 0 Å². The van der Waals surface area contributed by atoms with Crippen LogP contribution in [-0.4, -0.2) is 17.5 Å². The molecule has 0 saturated heterocycles. The number of hydrogen-bond donors (Lipinski definition) is 2. The monoisotopic (exact) mass is 476 g/mol. The molecule has 0 aliphatic heterocycles. The zero-order chi connectivity index (χ0) is 16.1. The van der Waals surface area contributed by atoms with Gasteiger partial charge in [-0.05, 0) is 31.2 Å². The molecule has 128 valence electrons. The average molecular weight is 477 g/mol. The van der Waals surface area contributed by atoms with Gasteiger partial charge in [-0.15, -0.1) is 35.3 Å². The van der Waals surface area contributed by atoms with E-state index in [-0.39, 0.29) is 24.0 Å². The van der Waals surface area contributed by atoms with Gasteiger partial charge in [0.15, 0.2) is 5.96 Å². The molecular formula is C16H18ClIN4OS. The first-order valence-corrected chi connectivity index (χ1v) is 8.52. The molecule has 3 aromatic rings. The molecule has 3 rings (SSSR count). The fourth-order valence-corrected chi connectivity index (χ4v) is 3.13. The minimum Gasteiger partial charge on any atom is -0.472 e. The molecule has 2 N–H and O–H groups in total. The van der Waals surface area contributed by atoms with Crippen molar-refractivity contribution in [2.24, 2.45) is 4.99 Å². The third-order valence-corrected chi connectivity index (χ3v) is 4.42. The van der Waals surface area contributed by atoms with Crippen molar-refractivity contribution in [2.75, 3.05) is 6.54 Å². The first kappa shape index (κ1) is 19.0. The van der Waals surface area contributed by atoms with Gasteiger partial charge in [-0.3, -0.25) is 0 Å². The van der Waals surface area contributed by atoms with Gasteiger partial charge in [0.05, 0.1) is 35.8 Å². The Morgan fingerprint density at radius 3 is 2.96 bits per heavy atom. The van der Waals surface area contributed by atoms with Crippen molar-refractivity contribution in [1.82, 2.24) is 15.6 Å². The Balaban J connectivity index is 0.00000208. The molecule has 0 saturated carbocycles. The lowest BCUT2D eigenvalue weighted by Gasteiger charge is -2.09. The Kier molecular flexibility index (Phi) is 7.32. The second-order valence-corrected chi connectivity index (χ2v) is 6.45. The molecule has 0 aliphatic rings. The number of benzene rings is 1. The van der Waals surface area contributed by atoms with Crippen LogP contribution in [-0.2, 0) is 13.1 Å². The number of furan rings is 1. The number of guanidine groups is 1. The molecule has 0 spiro atoms. The van der Waals surface area contributed by atoms with E-state index in [0.717, 1.165) is 33.3 Å². The van der Waals surface area contributed by atoms with Crippen molar-refractivity contribution < 1.29 is 4.42 Å². The highest BCUT2D eigenvalue weighted by Gasteiger charge is 2.05. The van der Waals surface area contributed by atoms with Gasteiger partial charge in [0.2, 0.25) is 0 Å². The van der Waals surface area contributed by atoms with Crippen molar-refractivity contribution in [3.8, 4) is 0 Å². The van der Waals surface area contributed by atoms with E-state index in [4.69, 9.17) is 16.0 Å². The van der Waals surface area contributed by atoms with E-state index < -0.39 is 0 Å². The zero-order valence-electron chi connectivity index (χ0n) is 13.1. The largest absolute Gasteiger partial charge is 0.472 e. The van der Waals surface area contributed by atoms with Gasteiger partial charge < -0.3 is 15.1 Å². The highest BCUT2D eigenvalue weighted by molar-refractivity contribution is 14.0. The summed E-state index contributed by atoms with van der Waals surface area (Å²) in [6.45, 7) is 4.02. The summed E-state index contributed by atoms with van der Waals surface area (Å²) in [5.74, 6) is 0.756. The number of nitrogens with one attached hydrogen (secondary N) is 2. The first-order valence-electron chi connectivity index (χ1n) is 7.33. The normalized spacial score (nSPS) is 11.3.